The van der Waals surface area contributed by atoms with Crippen LogP contribution in [0.1, 0.15) is 25.3 Å². The number of piperidine rings is 1. The van der Waals surface area contributed by atoms with Gasteiger partial charge in [-0.25, -0.2) is 4.39 Å². The van der Waals surface area contributed by atoms with Gasteiger partial charge < -0.3 is 10.6 Å². The number of halogens is 1. The van der Waals surface area contributed by atoms with Crippen LogP contribution in [0.25, 0.3) is 0 Å². The van der Waals surface area contributed by atoms with Crippen molar-refractivity contribution in [3.05, 3.63) is 29.6 Å². The summed E-state index contributed by atoms with van der Waals surface area (Å²) in [5.74, 6) is -0.971. The number of hydrogen-bond acceptors (Lipinski definition) is 3. The van der Waals surface area contributed by atoms with Crippen LogP contribution in [0.4, 0.5) is 10.1 Å². The van der Waals surface area contributed by atoms with Crippen molar-refractivity contribution in [1.29, 1.82) is 5.26 Å². The summed E-state index contributed by atoms with van der Waals surface area (Å²) in [7, 11) is 0. The number of benzene rings is 1. The number of hydrogen-bond donors (Lipinski definition) is 1. The predicted octanol–water partition coefficient (Wildman–Crippen LogP) is 1.79. The van der Waals surface area contributed by atoms with Crippen LogP contribution in [-0.2, 0) is 4.79 Å². The van der Waals surface area contributed by atoms with Crippen LogP contribution >= 0.6 is 0 Å². The van der Waals surface area contributed by atoms with E-state index in [4.69, 9.17) is 11.0 Å². The number of rotatable bonds is 2. The van der Waals surface area contributed by atoms with Crippen molar-refractivity contribution in [3.8, 4) is 6.07 Å². The van der Waals surface area contributed by atoms with Crippen LogP contribution in [0.5, 0.6) is 0 Å². The monoisotopic (exact) mass is 261 g/mol. The Bertz CT molecular complexity index is 538. The number of nitrogens with zero attached hydrogens (tertiary/aromatic N) is 2. The third kappa shape index (κ3) is 2.68. The number of amides is 1. The molecule has 1 fully saturated rings. The first kappa shape index (κ1) is 13.3. The number of nitriles is 1. The van der Waals surface area contributed by atoms with Gasteiger partial charge in [-0.05, 0) is 38.0 Å². The molecule has 2 atom stereocenters. The van der Waals surface area contributed by atoms with Gasteiger partial charge >= 0.3 is 0 Å². The van der Waals surface area contributed by atoms with Gasteiger partial charge in [0.25, 0.3) is 0 Å². The topological polar surface area (TPSA) is 70.1 Å². The average Bonchev–Trinajstić information content (AvgIpc) is 2.39. The van der Waals surface area contributed by atoms with E-state index in [-0.39, 0.29) is 23.4 Å². The summed E-state index contributed by atoms with van der Waals surface area (Å²) in [6, 6.07) is 6.34. The fourth-order valence-corrected chi connectivity index (χ4v) is 2.52. The molecule has 1 amide bonds. The van der Waals surface area contributed by atoms with Crippen molar-refractivity contribution in [2.45, 2.75) is 25.8 Å². The molecule has 4 nitrogen and oxygen atoms in total. The summed E-state index contributed by atoms with van der Waals surface area (Å²) < 4.78 is 13.2. The zero-order valence-corrected chi connectivity index (χ0v) is 10.8. The van der Waals surface area contributed by atoms with Crippen LogP contribution in [0.3, 0.4) is 0 Å². The fourth-order valence-electron chi connectivity index (χ4n) is 2.52. The molecule has 0 aliphatic carbocycles. The Morgan fingerprint density at radius 3 is 2.89 bits per heavy atom. The van der Waals surface area contributed by atoms with Crippen LogP contribution in [0.15, 0.2) is 18.2 Å². The van der Waals surface area contributed by atoms with Crippen LogP contribution in [0.2, 0.25) is 0 Å². The van der Waals surface area contributed by atoms with E-state index in [0.29, 0.717) is 12.2 Å². The Morgan fingerprint density at radius 2 is 2.26 bits per heavy atom. The molecule has 0 radical (unpaired) electrons. The summed E-state index contributed by atoms with van der Waals surface area (Å²) in [4.78, 5) is 13.3. The van der Waals surface area contributed by atoms with Crippen LogP contribution < -0.4 is 10.6 Å². The number of nitrogens with two attached hydrogens (primary N) is 1. The van der Waals surface area contributed by atoms with Gasteiger partial charge in [0.05, 0.1) is 17.2 Å². The van der Waals surface area contributed by atoms with Crippen molar-refractivity contribution in [2.24, 2.45) is 11.7 Å². The lowest BCUT2D eigenvalue weighted by Gasteiger charge is -2.39. The molecule has 1 aliphatic heterocycles. The molecule has 0 saturated carbocycles. The lowest BCUT2D eigenvalue weighted by molar-refractivity contribution is -0.122. The van der Waals surface area contributed by atoms with Gasteiger partial charge in [-0.3, -0.25) is 4.79 Å². The largest absolute Gasteiger partial charge is 0.369 e. The van der Waals surface area contributed by atoms with Gasteiger partial charge in [-0.2, -0.15) is 5.26 Å². The van der Waals surface area contributed by atoms with Crippen molar-refractivity contribution in [3.63, 3.8) is 0 Å². The van der Waals surface area contributed by atoms with E-state index < -0.39 is 5.82 Å². The molecular formula is C14H16FN3O. The molecule has 0 aromatic heterocycles. The van der Waals surface area contributed by atoms with Gasteiger partial charge in [0, 0.05) is 12.6 Å². The molecule has 1 aromatic rings. The lowest BCUT2D eigenvalue weighted by atomic mass is 9.92. The molecule has 1 aromatic carbocycles. The third-order valence-electron chi connectivity index (χ3n) is 3.67. The van der Waals surface area contributed by atoms with E-state index in [1.807, 2.05) is 17.9 Å². The maximum Gasteiger partial charge on any atom is 0.222 e. The van der Waals surface area contributed by atoms with Gasteiger partial charge in [-0.15, -0.1) is 0 Å². The minimum atomic E-state index is -0.434. The molecule has 1 aliphatic rings. The summed E-state index contributed by atoms with van der Waals surface area (Å²) in [5, 5.41) is 9.10. The van der Waals surface area contributed by atoms with E-state index in [2.05, 4.69) is 0 Å². The van der Waals surface area contributed by atoms with E-state index in [0.717, 1.165) is 12.8 Å². The molecular weight excluding hydrogens is 245 g/mol. The first-order valence-corrected chi connectivity index (χ1v) is 6.28. The SMILES string of the molecule is CC1CCC(C(N)=O)CN1c1ccc(F)cc1C#N. The second kappa shape index (κ2) is 5.27. The summed E-state index contributed by atoms with van der Waals surface area (Å²) in [6.45, 7) is 2.51. The molecule has 0 spiro atoms. The van der Waals surface area contributed by atoms with E-state index >= 15 is 0 Å². The maximum absolute atomic E-state index is 13.2. The Hall–Kier alpha value is -2.09. The lowest BCUT2D eigenvalue weighted by Crippen LogP contribution is -2.46. The van der Waals surface area contributed by atoms with E-state index in [9.17, 15) is 9.18 Å². The highest BCUT2D eigenvalue weighted by atomic mass is 19.1. The first-order chi connectivity index (χ1) is 9.02. The van der Waals surface area contributed by atoms with Gasteiger partial charge in [0.1, 0.15) is 11.9 Å². The maximum atomic E-state index is 13.2. The molecule has 5 heteroatoms. The van der Waals surface area contributed by atoms with Crippen molar-refractivity contribution < 1.29 is 9.18 Å². The Kier molecular flexibility index (Phi) is 3.70. The minimum Gasteiger partial charge on any atom is -0.369 e. The molecule has 100 valence electrons. The molecule has 2 N–H and O–H groups in total. The standard InChI is InChI=1S/C14H16FN3O/c1-9-2-3-10(14(17)19)8-18(9)13-5-4-12(15)6-11(13)7-16/h4-6,9-10H,2-3,8H2,1H3,(H2,17,19). The molecule has 0 bridgehead atoms. The zero-order chi connectivity index (χ0) is 14.0. The van der Waals surface area contributed by atoms with E-state index in [1.165, 1.54) is 12.1 Å². The van der Waals surface area contributed by atoms with Gasteiger partial charge in [0.15, 0.2) is 0 Å². The fraction of sp³-hybridized carbons (Fsp3) is 0.429. The van der Waals surface area contributed by atoms with Gasteiger partial charge in [-0.1, -0.05) is 0 Å². The molecule has 1 saturated heterocycles. The third-order valence-corrected chi connectivity index (χ3v) is 3.67. The Morgan fingerprint density at radius 1 is 1.53 bits per heavy atom. The second-order valence-electron chi connectivity index (χ2n) is 4.95. The van der Waals surface area contributed by atoms with Crippen molar-refractivity contribution in [2.75, 3.05) is 11.4 Å². The summed E-state index contributed by atoms with van der Waals surface area (Å²) in [5.41, 5.74) is 6.31. The van der Waals surface area contributed by atoms with E-state index in [1.54, 1.807) is 6.07 Å². The number of anilines is 1. The predicted molar refractivity (Wildman–Crippen MR) is 69.8 cm³/mol. The molecule has 2 rings (SSSR count). The number of carbonyl (C=O) groups excluding carboxylic acids is 1. The smallest absolute Gasteiger partial charge is 0.222 e. The molecule has 2 unspecified atom stereocenters. The number of primary amides is 1. The molecule has 19 heavy (non-hydrogen) atoms. The Balaban J connectivity index is 2.34. The highest BCUT2D eigenvalue weighted by Gasteiger charge is 2.29. The van der Waals surface area contributed by atoms with Crippen LogP contribution in [-0.4, -0.2) is 18.5 Å². The average molecular weight is 261 g/mol. The highest BCUT2D eigenvalue weighted by Crippen LogP contribution is 2.30. The normalized spacial score (nSPS) is 22.9. The molecule has 1 heterocycles. The first-order valence-electron chi connectivity index (χ1n) is 6.28. The zero-order valence-electron chi connectivity index (χ0n) is 10.8. The quantitative estimate of drug-likeness (QED) is 0.882. The van der Waals surface area contributed by atoms with Crippen LogP contribution in [0, 0.1) is 23.1 Å². The summed E-state index contributed by atoms with van der Waals surface area (Å²) in [6.07, 6.45) is 1.59. The van der Waals surface area contributed by atoms with Crippen molar-refractivity contribution >= 4 is 11.6 Å². The minimum absolute atomic E-state index is 0.202. The Labute approximate surface area is 111 Å². The van der Waals surface area contributed by atoms with Gasteiger partial charge in [0.2, 0.25) is 5.91 Å². The highest BCUT2D eigenvalue weighted by molar-refractivity contribution is 5.78. The number of carbonyl (C=O) groups is 1. The summed E-state index contributed by atoms with van der Waals surface area (Å²) >= 11 is 0. The second-order valence-corrected chi connectivity index (χ2v) is 4.95. The van der Waals surface area contributed by atoms with Crippen molar-refractivity contribution in [1.82, 2.24) is 0 Å².